The lowest BCUT2D eigenvalue weighted by Crippen LogP contribution is -2.21. The summed E-state index contributed by atoms with van der Waals surface area (Å²) in [7, 11) is 2.14. The molecule has 0 spiro atoms. The fraction of sp³-hybridized carbons (Fsp3) is 0.538. The topological polar surface area (TPSA) is 15.3 Å². The molecule has 0 saturated heterocycles. The minimum atomic E-state index is 0.767. The van der Waals surface area contributed by atoms with Gasteiger partial charge in [-0.25, -0.2) is 0 Å². The van der Waals surface area contributed by atoms with E-state index in [1.54, 1.807) is 0 Å². The van der Waals surface area contributed by atoms with E-state index in [1.807, 2.05) is 0 Å². The van der Waals surface area contributed by atoms with Crippen molar-refractivity contribution in [3.8, 4) is 0 Å². The van der Waals surface area contributed by atoms with Crippen LogP contribution in [-0.4, -0.2) is 19.6 Å². The van der Waals surface area contributed by atoms with E-state index in [0.29, 0.717) is 0 Å². The monoisotopic (exact) mass is 282 g/mol. The highest BCUT2D eigenvalue weighted by atomic mass is 79.9. The average molecular weight is 283 g/mol. The molecule has 0 heterocycles. The molecule has 0 unspecified atom stereocenters. The average Bonchev–Trinajstić information content (AvgIpc) is 3.10. The Labute approximate surface area is 106 Å². The van der Waals surface area contributed by atoms with Crippen molar-refractivity contribution in [1.29, 1.82) is 0 Å². The molecule has 0 atom stereocenters. The Morgan fingerprint density at radius 3 is 2.81 bits per heavy atom. The van der Waals surface area contributed by atoms with Gasteiger partial charge in [0.2, 0.25) is 0 Å². The maximum atomic E-state index is 3.57. The standard InChI is InChI=1S/C13H19BrN2/c1-3-16(2)13-8-11(14)5-4-10(13)9-15-12-6-7-12/h4-5,8,12,15H,3,6-7,9H2,1-2H3. The molecule has 2 rings (SSSR count). The Balaban J connectivity index is 2.13. The second-order valence-electron chi connectivity index (χ2n) is 4.44. The van der Waals surface area contributed by atoms with E-state index in [1.165, 1.54) is 24.1 Å². The molecule has 1 N–H and O–H groups in total. The van der Waals surface area contributed by atoms with Gasteiger partial charge < -0.3 is 10.2 Å². The number of anilines is 1. The summed E-state index contributed by atoms with van der Waals surface area (Å²) in [5.74, 6) is 0. The van der Waals surface area contributed by atoms with Gasteiger partial charge in [0, 0.05) is 36.3 Å². The number of rotatable bonds is 5. The van der Waals surface area contributed by atoms with Crippen molar-refractivity contribution in [3.05, 3.63) is 28.2 Å². The third-order valence-electron chi connectivity index (χ3n) is 3.09. The lowest BCUT2D eigenvalue weighted by atomic mass is 10.1. The van der Waals surface area contributed by atoms with Gasteiger partial charge in [0.15, 0.2) is 0 Å². The molecule has 0 bridgehead atoms. The third kappa shape index (κ3) is 2.98. The molecule has 2 nitrogen and oxygen atoms in total. The van der Waals surface area contributed by atoms with Gasteiger partial charge in [0.05, 0.1) is 0 Å². The molecule has 3 heteroatoms. The quantitative estimate of drug-likeness (QED) is 0.893. The zero-order valence-corrected chi connectivity index (χ0v) is 11.5. The van der Waals surface area contributed by atoms with Crippen molar-refractivity contribution in [2.75, 3.05) is 18.5 Å². The smallest absolute Gasteiger partial charge is 0.0420 e. The van der Waals surface area contributed by atoms with Crippen molar-refractivity contribution in [3.63, 3.8) is 0 Å². The molecule has 0 radical (unpaired) electrons. The van der Waals surface area contributed by atoms with Crippen LogP contribution in [0.2, 0.25) is 0 Å². The van der Waals surface area contributed by atoms with Crippen molar-refractivity contribution in [2.45, 2.75) is 32.4 Å². The Morgan fingerprint density at radius 2 is 2.19 bits per heavy atom. The normalized spacial score (nSPS) is 15.2. The summed E-state index contributed by atoms with van der Waals surface area (Å²) >= 11 is 3.54. The van der Waals surface area contributed by atoms with Gasteiger partial charge in [-0.05, 0) is 37.5 Å². The van der Waals surface area contributed by atoms with E-state index >= 15 is 0 Å². The van der Waals surface area contributed by atoms with Crippen LogP contribution in [0.25, 0.3) is 0 Å². The van der Waals surface area contributed by atoms with Crippen molar-refractivity contribution >= 4 is 21.6 Å². The minimum absolute atomic E-state index is 0.767. The molecule has 88 valence electrons. The molecular weight excluding hydrogens is 264 g/mol. The maximum absolute atomic E-state index is 3.57. The number of halogens is 1. The second kappa shape index (κ2) is 5.19. The van der Waals surface area contributed by atoms with Crippen LogP contribution in [0.1, 0.15) is 25.3 Å². The van der Waals surface area contributed by atoms with Gasteiger partial charge in [-0.2, -0.15) is 0 Å². The van der Waals surface area contributed by atoms with Crippen LogP contribution in [0.4, 0.5) is 5.69 Å². The van der Waals surface area contributed by atoms with Gasteiger partial charge in [0.25, 0.3) is 0 Å². The first-order valence-corrected chi connectivity index (χ1v) is 6.73. The number of nitrogens with zero attached hydrogens (tertiary/aromatic N) is 1. The van der Waals surface area contributed by atoms with Crippen molar-refractivity contribution in [2.24, 2.45) is 0 Å². The molecule has 1 aliphatic rings. The SMILES string of the molecule is CCN(C)c1cc(Br)ccc1CNC1CC1. The molecule has 0 amide bonds. The Hall–Kier alpha value is -0.540. The molecule has 0 aliphatic heterocycles. The van der Waals surface area contributed by atoms with Gasteiger partial charge >= 0.3 is 0 Å². The molecule has 16 heavy (non-hydrogen) atoms. The van der Waals surface area contributed by atoms with E-state index in [4.69, 9.17) is 0 Å². The Morgan fingerprint density at radius 1 is 1.44 bits per heavy atom. The first-order chi connectivity index (χ1) is 7.70. The van der Waals surface area contributed by atoms with Gasteiger partial charge in [-0.15, -0.1) is 0 Å². The maximum Gasteiger partial charge on any atom is 0.0420 e. The fourth-order valence-corrected chi connectivity index (χ4v) is 2.10. The Kier molecular flexibility index (Phi) is 3.87. The number of benzene rings is 1. The van der Waals surface area contributed by atoms with Crippen LogP contribution < -0.4 is 10.2 Å². The summed E-state index contributed by atoms with van der Waals surface area (Å²) in [5.41, 5.74) is 2.71. The van der Waals surface area contributed by atoms with Gasteiger partial charge in [-0.3, -0.25) is 0 Å². The van der Waals surface area contributed by atoms with E-state index < -0.39 is 0 Å². The molecule has 1 saturated carbocycles. The lowest BCUT2D eigenvalue weighted by Gasteiger charge is -2.21. The van der Waals surface area contributed by atoms with Gasteiger partial charge in [-0.1, -0.05) is 22.0 Å². The van der Waals surface area contributed by atoms with Crippen LogP contribution in [0.5, 0.6) is 0 Å². The van der Waals surface area contributed by atoms with Gasteiger partial charge in [0.1, 0.15) is 0 Å². The lowest BCUT2D eigenvalue weighted by molar-refractivity contribution is 0.686. The van der Waals surface area contributed by atoms with Crippen LogP contribution in [0.15, 0.2) is 22.7 Å². The molecule has 1 aliphatic carbocycles. The summed E-state index contributed by atoms with van der Waals surface area (Å²) in [6.45, 7) is 4.20. The molecule has 1 fully saturated rings. The number of hydrogen-bond donors (Lipinski definition) is 1. The zero-order chi connectivity index (χ0) is 11.5. The number of nitrogens with one attached hydrogen (secondary N) is 1. The summed E-state index contributed by atoms with van der Waals surface area (Å²) in [6.07, 6.45) is 2.69. The van der Waals surface area contributed by atoms with E-state index in [9.17, 15) is 0 Å². The summed E-state index contributed by atoms with van der Waals surface area (Å²) < 4.78 is 1.15. The summed E-state index contributed by atoms with van der Waals surface area (Å²) in [6, 6.07) is 7.30. The van der Waals surface area contributed by atoms with Crippen LogP contribution in [0, 0.1) is 0 Å². The summed E-state index contributed by atoms with van der Waals surface area (Å²) in [4.78, 5) is 2.29. The highest BCUT2D eigenvalue weighted by Gasteiger charge is 2.20. The Bertz CT molecular complexity index is 361. The van der Waals surface area contributed by atoms with E-state index in [0.717, 1.165) is 23.6 Å². The van der Waals surface area contributed by atoms with Crippen molar-refractivity contribution in [1.82, 2.24) is 5.32 Å². The first-order valence-electron chi connectivity index (χ1n) is 5.93. The first kappa shape index (κ1) is 11.9. The highest BCUT2D eigenvalue weighted by molar-refractivity contribution is 9.10. The minimum Gasteiger partial charge on any atom is -0.375 e. The fourth-order valence-electron chi connectivity index (χ4n) is 1.75. The zero-order valence-electron chi connectivity index (χ0n) is 9.96. The molecule has 0 aromatic heterocycles. The molecular formula is C13H19BrN2. The summed E-state index contributed by atoms with van der Waals surface area (Å²) in [5, 5.41) is 3.57. The predicted molar refractivity (Wildman–Crippen MR) is 72.9 cm³/mol. The highest BCUT2D eigenvalue weighted by Crippen LogP contribution is 2.26. The number of hydrogen-bond acceptors (Lipinski definition) is 2. The van der Waals surface area contributed by atoms with Crippen molar-refractivity contribution < 1.29 is 0 Å². The second-order valence-corrected chi connectivity index (χ2v) is 5.36. The van der Waals surface area contributed by atoms with E-state index in [2.05, 4.69) is 58.3 Å². The van der Waals surface area contributed by atoms with Crippen LogP contribution in [-0.2, 0) is 6.54 Å². The molecule has 1 aromatic rings. The van der Waals surface area contributed by atoms with Crippen LogP contribution >= 0.6 is 15.9 Å². The molecule has 1 aromatic carbocycles. The van der Waals surface area contributed by atoms with Crippen LogP contribution in [0.3, 0.4) is 0 Å². The predicted octanol–water partition coefficient (Wildman–Crippen LogP) is 3.16. The van der Waals surface area contributed by atoms with E-state index in [-0.39, 0.29) is 0 Å². The largest absolute Gasteiger partial charge is 0.375 e. The third-order valence-corrected chi connectivity index (χ3v) is 3.58.